The highest BCUT2D eigenvalue weighted by atomic mass is 16.5. The second-order valence-electron chi connectivity index (χ2n) is 10.3. The Balaban J connectivity index is 1.39. The standard InChI is InChI=1S/C31H42N4O3/c1-24-28(29-23-27(38-5)10-12-30(29)35(24)16-7-15-32(2)3)11-13-31(36)34-20-18-33(19-21-34)17-14-25-8-6-9-26(22-25)37-4/h6,8-13,22-23H,7,14-21H2,1-5H3. The molecule has 0 atom stereocenters. The summed E-state index contributed by atoms with van der Waals surface area (Å²) < 4.78 is 13.2. The van der Waals surface area contributed by atoms with Gasteiger partial charge in [-0.1, -0.05) is 12.1 Å². The lowest BCUT2D eigenvalue weighted by Gasteiger charge is -2.34. The van der Waals surface area contributed by atoms with Crippen LogP contribution in [0.5, 0.6) is 11.5 Å². The first-order chi connectivity index (χ1) is 18.4. The van der Waals surface area contributed by atoms with Gasteiger partial charge in [0, 0.05) is 67.5 Å². The van der Waals surface area contributed by atoms with Crippen molar-refractivity contribution in [2.45, 2.75) is 26.3 Å². The van der Waals surface area contributed by atoms with Crippen LogP contribution in [0.4, 0.5) is 0 Å². The molecule has 1 aliphatic rings. The number of aromatic nitrogens is 1. The second kappa shape index (κ2) is 13.0. The largest absolute Gasteiger partial charge is 0.497 e. The molecule has 1 amide bonds. The second-order valence-corrected chi connectivity index (χ2v) is 10.3. The molecule has 2 aromatic carbocycles. The average Bonchev–Trinajstić information content (AvgIpc) is 3.20. The zero-order valence-electron chi connectivity index (χ0n) is 23.6. The highest BCUT2D eigenvalue weighted by Crippen LogP contribution is 2.31. The summed E-state index contributed by atoms with van der Waals surface area (Å²) in [5, 5.41) is 1.12. The molecule has 0 saturated carbocycles. The Morgan fingerprint density at radius 1 is 0.974 bits per heavy atom. The molecule has 1 aliphatic heterocycles. The zero-order chi connectivity index (χ0) is 27.1. The topological polar surface area (TPSA) is 50.2 Å². The summed E-state index contributed by atoms with van der Waals surface area (Å²) >= 11 is 0. The lowest BCUT2D eigenvalue weighted by Crippen LogP contribution is -2.48. The van der Waals surface area contributed by atoms with Crippen molar-refractivity contribution in [3.63, 3.8) is 0 Å². The highest BCUT2D eigenvalue weighted by molar-refractivity contribution is 5.98. The van der Waals surface area contributed by atoms with Crippen molar-refractivity contribution in [2.75, 3.05) is 67.6 Å². The fourth-order valence-corrected chi connectivity index (χ4v) is 5.22. The first-order valence-corrected chi connectivity index (χ1v) is 13.5. The summed E-state index contributed by atoms with van der Waals surface area (Å²) in [6, 6.07) is 14.5. The highest BCUT2D eigenvalue weighted by Gasteiger charge is 2.20. The van der Waals surface area contributed by atoms with E-state index in [2.05, 4.69) is 59.7 Å². The Morgan fingerprint density at radius 2 is 1.71 bits per heavy atom. The summed E-state index contributed by atoms with van der Waals surface area (Å²) in [6.45, 7) is 8.39. The van der Waals surface area contributed by atoms with Gasteiger partial charge in [-0.05, 0) is 82.4 Å². The molecular formula is C31H42N4O3. The van der Waals surface area contributed by atoms with Crippen LogP contribution in [-0.2, 0) is 17.8 Å². The summed E-state index contributed by atoms with van der Waals surface area (Å²) in [4.78, 5) is 19.7. The Hall–Kier alpha value is -3.29. The van der Waals surface area contributed by atoms with E-state index in [1.165, 1.54) is 16.8 Å². The van der Waals surface area contributed by atoms with Gasteiger partial charge in [-0.2, -0.15) is 0 Å². The van der Waals surface area contributed by atoms with E-state index in [1.807, 2.05) is 29.2 Å². The van der Waals surface area contributed by atoms with E-state index in [4.69, 9.17) is 9.47 Å². The number of hydrogen-bond acceptors (Lipinski definition) is 5. The van der Waals surface area contributed by atoms with Crippen molar-refractivity contribution in [1.82, 2.24) is 19.3 Å². The van der Waals surface area contributed by atoms with Crippen LogP contribution in [0.2, 0.25) is 0 Å². The fourth-order valence-electron chi connectivity index (χ4n) is 5.22. The summed E-state index contributed by atoms with van der Waals surface area (Å²) in [5.74, 6) is 1.80. The molecule has 0 unspecified atom stereocenters. The fraction of sp³-hybridized carbons (Fsp3) is 0.452. The Morgan fingerprint density at radius 3 is 2.42 bits per heavy atom. The molecule has 1 fully saturated rings. The van der Waals surface area contributed by atoms with Crippen molar-refractivity contribution in [3.8, 4) is 11.5 Å². The third-order valence-corrected chi connectivity index (χ3v) is 7.49. The number of hydrogen-bond donors (Lipinski definition) is 0. The Bertz CT molecular complexity index is 1260. The van der Waals surface area contributed by atoms with Gasteiger partial charge in [0.05, 0.1) is 14.2 Å². The van der Waals surface area contributed by atoms with E-state index in [1.54, 1.807) is 20.3 Å². The number of carbonyl (C=O) groups excluding carboxylic acids is 1. The van der Waals surface area contributed by atoms with Crippen LogP contribution in [0.1, 0.15) is 23.2 Å². The SMILES string of the molecule is COc1cccc(CCN2CCN(C(=O)C=Cc3c(C)n(CCCN(C)C)c4ccc(OC)cc34)CC2)c1. The van der Waals surface area contributed by atoms with Crippen molar-refractivity contribution >= 4 is 22.9 Å². The van der Waals surface area contributed by atoms with Gasteiger partial charge in [-0.15, -0.1) is 0 Å². The number of rotatable bonds is 11. The number of aryl methyl sites for hydroxylation is 1. The van der Waals surface area contributed by atoms with Gasteiger partial charge in [-0.25, -0.2) is 0 Å². The zero-order valence-corrected chi connectivity index (χ0v) is 23.6. The van der Waals surface area contributed by atoms with Gasteiger partial charge in [0.2, 0.25) is 5.91 Å². The van der Waals surface area contributed by atoms with E-state index < -0.39 is 0 Å². The van der Waals surface area contributed by atoms with Crippen LogP contribution in [0, 0.1) is 6.92 Å². The molecule has 3 aromatic rings. The number of benzene rings is 2. The van der Waals surface area contributed by atoms with Crippen LogP contribution < -0.4 is 9.47 Å². The van der Waals surface area contributed by atoms with E-state index in [-0.39, 0.29) is 5.91 Å². The molecule has 0 spiro atoms. The number of methoxy groups -OCH3 is 2. The smallest absolute Gasteiger partial charge is 0.246 e. The van der Waals surface area contributed by atoms with E-state index in [9.17, 15) is 4.79 Å². The number of nitrogens with zero attached hydrogens (tertiary/aromatic N) is 4. The maximum absolute atomic E-state index is 13.1. The molecule has 7 nitrogen and oxygen atoms in total. The molecule has 2 heterocycles. The molecular weight excluding hydrogens is 476 g/mol. The molecule has 0 radical (unpaired) electrons. The first kappa shape index (κ1) is 27.7. The molecule has 38 heavy (non-hydrogen) atoms. The first-order valence-electron chi connectivity index (χ1n) is 13.5. The van der Waals surface area contributed by atoms with Gasteiger partial charge < -0.3 is 23.8 Å². The average molecular weight is 519 g/mol. The number of carbonyl (C=O) groups is 1. The Labute approximate surface area is 227 Å². The lowest BCUT2D eigenvalue weighted by molar-refractivity contribution is -0.127. The molecule has 0 aliphatic carbocycles. The minimum atomic E-state index is 0.0771. The van der Waals surface area contributed by atoms with E-state index in [0.29, 0.717) is 0 Å². The molecule has 204 valence electrons. The van der Waals surface area contributed by atoms with Crippen LogP contribution in [0.3, 0.4) is 0 Å². The van der Waals surface area contributed by atoms with Gasteiger partial charge >= 0.3 is 0 Å². The minimum absolute atomic E-state index is 0.0771. The van der Waals surface area contributed by atoms with Gasteiger partial charge in [0.25, 0.3) is 0 Å². The van der Waals surface area contributed by atoms with Crippen LogP contribution in [0.15, 0.2) is 48.5 Å². The van der Waals surface area contributed by atoms with Crippen molar-refractivity contribution in [1.29, 1.82) is 0 Å². The van der Waals surface area contributed by atoms with Gasteiger partial charge in [0.1, 0.15) is 11.5 Å². The summed E-state index contributed by atoms with van der Waals surface area (Å²) in [6.07, 6.45) is 5.79. The molecule has 4 rings (SSSR count). The molecule has 1 aromatic heterocycles. The molecule has 7 heteroatoms. The van der Waals surface area contributed by atoms with Crippen LogP contribution in [-0.4, -0.2) is 92.8 Å². The third-order valence-electron chi connectivity index (χ3n) is 7.49. The molecule has 0 N–H and O–H groups in total. The lowest BCUT2D eigenvalue weighted by atomic mass is 10.1. The van der Waals surface area contributed by atoms with Crippen molar-refractivity contribution in [3.05, 3.63) is 65.4 Å². The number of fused-ring (bicyclic) bond motifs is 1. The van der Waals surface area contributed by atoms with Gasteiger partial charge in [0.15, 0.2) is 0 Å². The Kier molecular flexibility index (Phi) is 9.48. The maximum Gasteiger partial charge on any atom is 0.246 e. The number of amides is 1. The normalized spacial score (nSPS) is 14.6. The van der Waals surface area contributed by atoms with E-state index >= 15 is 0 Å². The van der Waals surface area contributed by atoms with Crippen molar-refractivity contribution in [2.24, 2.45) is 0 Å². The van der Waals surface area contributed by atoms with Crippen LogP contribution >= 0.6 is 0 Å². The predicted molar refractivity (Wildman–Crippen MR) is 155 cm³/mol. The molecule has 1 saturated heterocycles. The predicted octanol–water partition coefficient (Wildman–Crippen LogP) is 4.32. The van der Waals surface area contributed by atoms with Crippen LogP contribution in [0.25, 0.3) is 17.0 Å². The van der Waals surface area contributed by atoms with Crippen molar-refractivity contribution < 1.29 is 14.3 Å². The number of piperazine rings is 1. The van der Waals surface area contributed by atoms with E-state index in [0.717, 1.165) is 81.1 Å². The quantitative estimate of drug-likeness (QED) is 0.354. The number of ether oxygens (including phenoxy) is 2. The minimum Gasteiger partial charge on any atom is -0.497 e. The summed E-state index contributed by atoms with van der Waals surface area (Å²) in [7, 11) is 7.60. The van der Waals surface area contributed by atoms with Gasteiger partial charge in [-0.3, -0.25) is 9.69 Å². The molecule has 0 bridgehead atoms. The maximum atomic E-state index is 13.1. The summed E-state index contributed by atoms with van der Waals surface area (Å²) in [5.41, 5.74) is 4.73. The monoisotopic (exact) mass is 518 g/mol. The third kappa shape index (κ3) is 6.77.